The summed E-state index contributed by atoms with van der Waals surface area (Å²) in [6, 6.07) is 39.5. The summed E-state index contributed by atoms with van der Waals surface area (Å²) in [5.41, 5.74) is 2.31. The number of methoxy groups -OCH3 is 2. The van der Waals surface area contributed by atoms with Crippen LogP contribution in [0.5, 0.6) is 5.75 Å². The molecule has 1 N–H and O–H groups in total. The van der Waals surface area contributed by atoms with Crippen molar-refractivity contribution in [3.05, 3.63) is 151 Å². The molecule has 456 valence electrons. The number of benzene rings is 4. The quantitative estimate of drug-likeness (QED) is 0.0251. The van der Waals surface area contributed by atoms with E-state index in [1.54, 1.807) is 14.2 Å². The number of ketones is 1. The topological polar surface area (TPSA) is 130 Å². The Bertz CT molecular complexity index is 2600. The van der Waals surface area contributed by atoms with Crippen molar-refractivity contribution in [2.24, 2.45) is 5.41 Å². The summed E-state index contributed by atoms with van der Waals surface area (Å²) < 4.78 is 66.0. The van der Waals surface area contributed by atoms with Crippen molar-refractivity contribution >= 4 is 32.8 Å². The largest absolute Gasteiger partial charge is 0.497 e. The molecule has 4 aromatic carbocycles. The summed E-state index contributed by atoms with van der Waals surface area (Å²) in [6.07, 6.45) is 6.93. The summed E-state index contributed by atoms with van der Waals surface area (Å²) in [4.78, 5) is 14.2. The van der Waals surface area contributed by atoms with Crippen molar-refractivity contribution in [1.82, 2.24) is 0 Å². The maximum atomic E-state index is 14.2. The first kappa shape index (κ1) is 66.4. The highest BCUT2D eigenvalue weighted by Gasteiger charge is 2.56. The van der Waals surface area contributed by atoms with Crippen LogP contribution in [0, 0.1) is 5.41 Å². The number of aliphatic hydroxyl groups is 1. The number of Topliss-reactive ketones (excluding diaryl/α,β-unsaturated/α-hetero) is 1. The Morgan fingerprint density at radius 3 is 1.95 bits per heavy atom. The van der Waals surface area contributed by atoms with Crippen LogP contribution in [0.3, 0.4) is 0 Å². The molecule has 3 heterocycles. The fraction of sp³-hybridized carbons (Fsp3) is 0.580. The molecule has 3 aliphatic heterocycles. The van der Waals surface area contributed by atoms with E-state index in [-0.39, 0.29) is 71.5 Å². The minimum absolute atomic E-state index is 0.0385. The molecule has 0 saturated carbocycles. The molecular weight excluding hydrogens is 1080 g/mol. The first-order valence-electron chi connectivity index (χ1n) is 30.4. The van der Waals surface area contributed by atoms with Gasteiger partial charge in [-0.05, 0) is 109 Å². The van der Waals surface area contributed by atoms with Crippen LogP contribution in [-0.4, -0.2) is 116 Å². The van der Waals surface area contributed by atoms with Crippen LogP contribution in [0.1, 0.15) is 138 Å². The number of hydrogen-bond acceptors (Lipinski definition) is 12. The van der Waals surface area contributed by atoms with Gasteiger partial charge < -0.3 is 51.9 Å². The van der Waals surface area contributed by atoms with Gasteiger partial charge in [-0.2, -0.15) is 0 Å². The Hall–Kier alpha value is -4.14. The molecule has 0 bridgehead atoms. The summed E-state index contributed by atoms with van der Waals surface area (Å²) in [5, 5.41) is 13.8. The van der Waals surface area contributed by atoms with Crippen LogP contribution < -0.4 is 15.1 Å². The molecule has 3 saturated heterocycles. The lowest BCUT2D eigenvalue weighted by atomic mass is 9.76. The van der Waals surface area contributed by atoms with Crippen molar-refractivity contribution in [2.45, 2.75) is 224 Å². The van der Waals surface area contributed by atoms with Gasteiger partial charge in [0.05, 0.1) is 75.3 Å². The van der Waals surface area contributed by atoms with Crippen molar-refractivity contribution in [2.75, 3.05) is 27.6 Å². The van der Waals surface area contributed by atoms with E-state index in [0.717, 1.165) is 22.4 Å². The second-order valence-corrected chi connectivity index (χ2v) is 35.7. The summed E-state index contributed by atoms with van der Waals surface area (Å²) >= 11 is 0. The molecule has 7 rings (SSSR count). The van der Waals surface area contributed by atoms with Crippen LogP contribution in [0.2, 0.25) is 23.2 Å². The van der Waals surface area contributed by atoms with Crippen LogP contribution in [0.4, 0.5) is 0 Å². The third kappa shape index (κ3) is 17.5. The maximum Gasteiger partial charge on any atom is 0.261 e. The Morgan fingerprint density at radius 1 is 0.735 bits per heavy atom. The molecule has 3 fully saturated rings. The van der Waals surface area contributed by atoms with Gasteiger partial charge in [-0.25, -0.2) is 0 Å². The van der Waals surface area contributed by atoms with E-state index < -0.39 is 33.9 Å². The zero-order valence-corrected chi connectivity index (χ0v) is 54.4. The van der Waals surface area contributed by atoms with E-state index in [2.05, 4.69) is 122 Å². The molecule has 4 aromatic rings. The van der Waals surface area contributed by atoms with E-state index in [9.17, 15) is 9.90 Å². The standard InChI is InChI=1S/C69H100O12Si2/c1-50-40-57(36-38-68(9,10)69(73-12)65(71)35-34-58(80-69)46-64(81-82(13,14)66(3,4)5)51(2)76-49-74-47-52-24-18-15-19-25-52)78-59(41-50)45-61-43-54(70)42-60(79-61)44-56(75-48-53-30-32-55(72-11)33-31-53)37-39-77-83(67(6,7)8,62-26-20-16-21-27-62)63-28-22-17-23-29-63/h15-33,36,38,51,54,56-61,64,70H,1,34-35,37,39-49H2,2-14H3/b38-36+/t51-,54+,56+,57?,58+,59?,60?,61?,64-,69-/m1/s1. The maximum absolute atomic E-state index is 14.2. The van der Waals surface area contributed by atoms with Gasteiger partial charge in [-0.3, -0.25) is 4.79 Å². The first-order valence-corrected chi connectivity index (χ1v) is 35.2. The van der Waals surface area contributed by atoms with Gasteiger partial charge in [-0.1, -0.05) is 183 Å². The van der Waals surface area contributed by atoms with Gasteiger partial charge in [0.2, 0.25) is 5.79 Å². The average molecular weight is 1180 g/mol. The number of carbonyl (C=O) groups is 1. The fourth-order valence-corrected chi connectivity index (χ4v) is 18.1. The number of hydrogen-bond donors (Lipinski definition) is 1. The number of ether oxygens (including phenoxy) is 8. The minimum atomic E-state index is -2.80. The summed E-state index contributed by atoms with van der Waals surface area (Å²) in [5.74, 6) is -0.852. The lowest BCUT2D eigenvalue weighted by molar-refractivity contribution is -0.285. The van der Waals surface area contributed by atoms with Crippen molar-refractivity contribution in [3.8, 4) is 5.75 Å². The number of aliphatic hydroxyl groups excluding tert-OH is 1. The third-order valence-electron chi connectivity index (χ3n) is 17.8. The highest BCUT2D eigenvalue weighted by Crippen LogP contribution is 2.46. The van der Waals surface area contributed by atoms with Crippen LogP contribution in [0.25, 0.3) is 0 Å². The Balaban J connectivity index is 1.01. The van der Waals surface area contributed by atoms with E-state index in [1.165, 1.54) is 10.4 Å². The van der Waals surface area contributed by atoms with Crippen LogP contribution >= 0.6 is 0 Å². The molecule has 0 amide bonds. The normalized spacial score (nSPS) is 24.4. The zero-order chi connectivity index (χ0) is 60.1. The van der Waals surface area contributed by atoms with Gasteiger partial charge in [0.15, 0.2) is 14.1 Å². The second kappa shape index (κ2) is 29.5. The average Bonchev–Trinajstić information content (AvgIpc) is 2.00. The Morgan fingerprint density at radius 2 is 1.35 bits per heavy atom. The fourth-order valence-electron chi connectivity index (χ4n) is 12.1. The Kier molecular flexibility index (Phi) is 23.6. The van der Waals surface area contributed by atoms with E-state index in [1.807, 2.05) is 87.5 Å². The minimum Gasteiger partial charge on any atom is -0.497 e. The molecule has 0 radical (unpaired) electrons. The highest BCUT2D eigenvalue weighted by atomic mass is 28.4. The summed E-state index contributed by atoms with van der Waals surface area (Å²) in [6.45, 7) is 30.1. The van der Waals surface area contributed by atoms with Gasteiger partial charge >= 0.3 is 0 Å². The lowest BCUT2D eigenvalue weighted by Gasteiger charge is -2.48. The van der Waals surface area contributed by atoms with Gasteiger partial charge in [0, 0.05) is 38.4 Å². The number of carbonyl (C=O) groups excluding carboxylic acids is 1. The molecule has 12 nitrogen and oxygen atoms in total. The molecule has 4 unspecified atom stereocenters. The predicted molar refractivity (Wildman–Crippen MR) is 335 cm³/mol. The van der Waals surface area contributed by atoms with Crippen molar-refractivity contribution in [1.29, 1.82) is 0 Å². The monoisotopic (exact) mass is 1180 g/mol. The zero-order valence-electron chi connectivity index (χ0n) is 52.4. The number of rotatable bonds is 28. The van der Waals surface area contributed by atoms with Crippen molar-refractivity contribution < 1.29 is 56.6 Å². The molecule has 0 aliphatic carbocycles. The first-order chi connectivity index (χ1) is 39.4. The Labute approximate surface area is 500 Å². The smallest absolute Gasteiger partial charge is 0.261 e. The SMILES string of the molecule is C=C1CC(/C=C/C(C)(C)[C@]2(OC)O[C@H](C[C@@H](O[Si](C)(C)C(C)(C)C)[C@@H](C)OCOCc3ccccc3)CCC2=O)OC(CC2C[C@@H](O)CC(C[C@H](CCO[Si](c3ccccc3)(c3ccccc3)C(C)(C)C)OCc3ccc(OC)cc3)O2)C1. The molecule has 83 heavy (non-hydrogen) atoms. The van der Waals surface area contributed by atoms with E-state index >= 15 is 0 Å². The van der Waals surface area contributed by atoms with Gasteiger partial charge in [0.25, 0.3) is 8.32 Å². The molecule has 14 heteroatoms. The lowest BCUT2D eigenvalue weighted by Crippen LogP contribution is -2.66. The van der Waals surface area contributed by atoms with Crippen LogP contribution in [-0.2, 0) is 60.0 Å². The summed E-state index contributed by atoms with van der Waals surface area (Å²) in [7, 11) is -1.83. The van der Waals surface area contributed by atoms with E-state index in [0.29, 0.717) is 84.0 Å². The molecule has 0 aromatic heterocycles. The third-order valence-corrected chi connectivity index (χ3v) is 27.3. The second-order valence-electron chi connectivity index (χ2n) is 26.6. The van der Waals surface area contributed by atoms with Crippen LogP contribution in [0.15, 0.2) is 140 Å². The highest BCUT2D eigenvalue weighted by molar-refractivity contribution is 6.99. The van der Waals surface area contributed by atoms with Gasteiger partial charge in [-0.15, -0.1) is 0 Å². The van der Waals surface area contributed by atoms with Gasteiger partial charge in [0.1, 0.15) is 12.5 Å². The van der Waals surface area contributed by atoms with Crippen molar-refractivity contribution in [3.63, 3.8) is 0 Å². The molecule has 3 aliphatic rings. The van der Waals surface area contributed by atoms with E-state index in [4.69, 9.17) is 46.7 Å². The molecular formula is C69H100O12Si2. The predicted octanol–water partition coefficient (Wildman–Crippen LogP) is 13.4. The molecule has 10 atom stereocenters. The molecule has 0 spiro atoms.